The third-order valence-corrected chi connectivity index (χ3v) is 5.30. The van der Waals surface area contributed by atoms with Gasteiger partial charge in [0.1, 0.15) is 24.0 Å². The minimum absolute atomic E-state index is 0.0782. The molecule has 1 amide bonds. The number of benzene rings is 2. The summed E-state index contributed by atoms with van der Waals surface area (Å²) in [5, 5.41) is 11.7. The Balaban J connectivity index is 1.80. The van der Waals surface area contributed by atoms with Gasteiger partial charge in [-0.25, -0.2) is 0 Å². The summed E-state index contributed by atoms with van der Waals surface area (Å²) in [6.07, 6.45) is 1.62. The van der Waals surface area contributed by atoms with Crippen molar-refractivity contribution >= 4 is 27.9 Å². The van der Waals surface area contributed by atoms with Crippen molar-refractivity contribution in [3.63, 3.8) is 0 Å². The Morgan fingerprint density at radius 2 is 1.83 bits per heavy atom. The first kappa shape index (κ1) is 21.4. The molecule has 0 atom stereocenters. The van der Waals surface area contributed by atoms with Gasteiger partial charge < -0.3 is 14.6 Å². The van der Waals surface area contributed by atoms with Gasteiger partial charge in [-0.15, -0.1) is 0 Å². The third kappa shape index (κ3) is 4.81. The summed E-state index contributed by atoms with van der Waals surface area (Å²) < 4.78 is 9.01. The summed E-state index contributed by atoms with van der Waals surface area (Å²) in [6.45, 7) is 4.46. The van der Waals surface area contributed by atoms with Crippen LogP contribution in [-0.4, -0.2) is 17.5 Å². The monoisotopic (exact) mass is 463 g/mol. The molecule has 6 heteroatoms. The molecule has 0 spiro atoms. The first-order chi connectivity index (χ1) is 14.4. The highest BCUT2D eigenvalue weighted by atomic mass is 79.9. The quantitative estimate of drug-likeness (QED) is 0.408. The molecule has 3 rings (SSSR count). The Kier molecular flexibility index (Phi) is 6.76. The van der Waals surface area contributed by atoms with Crippen molar-refractivity contribution in [3.05, 3.63) is 87.2 Å². The van der Waals surface area contributed by atoms with Crippen LogP contribution in [0.5, 0.6) is 5.75 Å². The molecular weight excluding hydrogens is 442 g/mol. The normalized spacial score (nSPS) is 11.1. The molecule has 1 heterocycles. The number of amides is 1. The fourth-order valence-corrected chi connectivity index (χ4v) is 3.47. The van der Waals surface area contributed by atoms with Gasteiger partial charge in [-0.2, -0.15) is 5.26 Å². The third-order valence-electron chi connectivity index (χ3n) is 4.78. The predicted molar refractivity (Wildman–Crippen MR) is 121 cm³/mol. The fraction of sp³-hybridized carbons (Fsp3) is 0.167. The van der Waals surface area contributed by atoms with Gasteiger partial charge in [0.15, 0.2) is 0 Å². The number of nitrogens with zero attached hydrogens (tertiary/aromatic N) is 2. The molecule has 0 fully saturated rings. The van der Waals surface area contributed by atoms with Crippen LogP contribution in [0.4, 0.5) is 0 Å². The second kappa shape index (κ2) is 9.47. The summed E-state index contributed by atoms with van der Waals surface area (Å²) in [5.74, 6) is 0.394. The van der Waals surface area contributed by atoms with Crippen LogP contribution in [-0.2, 0) is 11.4 Å². The van der Waals surface area contributed by atoms with E-state index in [1.54, 1.807) is 6.08 Å². The Labute approximate surface area is 184 Å². The van der Waals surface area contributed by atoms with E-state index in [0.29, 0.717) is 6.61 Å². The molecule has 0 unspecified atom stereocenters. The van der Waals surface area contributed by atoms with Crippen molar-refractivity contribution < 1.29 is 9.53 Å². The van der Waals surface area contributed by atoms with E-state index in [0.717, 1.165) is 38.4 Å². The van der Waals surface area contributed by atoms with Gasteiger partial charge >= 0.3 is 0 Å². The van der Waals surface area contributed by atoms with E-state index in [-0.39, 0.29) is 5.57 Å². The molecule has 0 aliphatic heterocycles. The van der Waals surface area contributed by atoms with Crippen molar-refractivity contribution in [1.82, 2.24) is 9.88 Å². The summed E-state index contributed by atoms with van der Waals surface area (Å²) in [4.78, 5) is 11.8. The van der Waals surface area contributed by atoms with Crippen LogP contribution < -0.4 is 10.1 Å². The first-order valence-electron chi connectivity index (χ1n) is 9.43. The van der Waals surface area contributed by atoms with Crippen LogP contribution in [0.3, 0.4) is 0 Å². The van der Waals surface area contributed by atoms with E-state index in [1.165, 1.54) is 7.05 Å². The maximum Gasteiger partial charge on any atom is 0.261 e. The molecular formula is C24H22BrN3O2. The zero-order valence-electron chi connectivity index (χ0n) is 17.1. The average molecular weight is 464 g/mol. The molecule has 1 N–H and O–H groups in total. The van der Waals surface area contributed by atoms with Gasteiger partial charge in [0, 0.05) is 28.6 Å². The number of aromatic nitrogens is 1. The Bertz CT molecular complexity index is 1120. The van der Waals surface area contributed by atoms with Crippen LogP contribution in [0.1, 0.15) is 22.5 Å². The molecule has 30 heavy (non-hydrogen) atoms. The highest BCUT2D eigenvalue weighted by Crippen LogP contribution is 2.25. The van der Waals surface area contributed by atoms with E-state index < -0.39 is 5.91 Å². The van der Waals surface area contributed by atoms with Crippen molar-refractivity contribution in [2.75, 3.05) is 7.05 Å². The fourth-order valence-electron chi connectivity index (χ4n) is 3.21. The Morgan fingerprint density at radius 3 is 2.43 bits per heavy atom. The second-order valence-corrected chi connectivity index (χ2v) is 7.74. The summed E-state index contributed by atoms with van der Waals surface area (Å²) in [6, 6.07) is 19.8. The maximum absolute atomic E-state index is 11.8. The topological polar surface area (TPSA) is 67.0 Å². The molecule has 1 aromatic heterocycles. The van der Waals surface area contributed by atoms with Crippen LogP contribution in [0.2, 0.25) is 0 Å². The first-order valence-corrected chi connectivity index (χ1v) is 10.2. The zero-order chi connectivity index (χ0) is 21.7. The largest absolute Gasteiger partial charge is 0.489 e. The molecule has 0 radical (unpaired) electrons. The highest BCUT2D eigenvalue weighted by molar-refractivity contribution is 9.10. The van der Waals surface area contributed by atoms with Crippen LogP contribution >= 0.6 is 15.9 Å². The van der Waals surface area contributed by atoms with E-state index >= 15 is 0 Å². The molecule has 0 bridgehead atoms. The van der Waals surface area contributed by atoms with E-state index in [4.69, 9.17) is 4.74 Å². The predicted octanol–water partition coefficient (Wildman–Crippen LogP) is 5.09. The van der Waals surface area contributed by atoms with Gasteiger partial charge in [0.05, 0.1) is 0 Å². The van der Waals surface area contributed by atoms with Gasteiger partial charge in [-0.1, -0.05) is 28.1 Å². The van der Waals surface area contributed by atoms with Crippen molar-refractivity contribution in [2.24, 2.45) is 0 Å². The Morgan fingerprint density at radius 1 is 1.17 bits per heavy atom. The lowest BCUT2D eigenvalue weighted by molar-refractivity contribution is -0.116. The van der Waals surface area contributed by atoms with E-state index in [9.17, 15) is 10.1 Å². The summed E-state index contributed by atoms with van der Waals surface area (Å²) in [5.41, 5.74) is 4.96. The second-order valence-electron chi connectivity index (χ2n) is 6.82. The molecule has 0 aliphatic carbocycles. The SMILES string of the molecule is CNC(=O)/C(C#N)=C/c1cc(C)n(-c2ccc(OCc3ccc(Br)cc3)cc2)c1C. The highest BCUT2D eigenvalue weighted by Gasteiger charge is 2.13. The van der Waals surface area contributed by atoms with Gasteiger partial charge in [0.2, 0.25) is 0 Å². The van der Waals surface area contributed by atoms with Gasteiger partial charge in [-0.3, -0.25) is 4.79 Å². The van der Waals surface area contributed by atoms with Crippen LogP contribution in [0.15, 0.2) is 64.6 Å². The van der Waals surface area contributed by atoms with E-state index in [2.05, 4.69) is 25.8 Å². The number of nitrogens with one attached hydrogen (secondary N) is 1. The lowest BCUT2D eigenvalue weighted by Gasteiger charge is -2.12. The average Bonchev–Trinajstić information content (AvgIpc) is 3.04. The molecule has 2 aromatic carbocycles. The van der Waals surface area contributed by atoms with Crippen molar-refractivity contribution in [3.8, 4) is 17.5 Å². The minimum Gasteiger partial charge on any atom is -0.489 e. The number of halogens is 1. The number of likely N-dealkylation sites (N-methyl/N-ethyl adjacent to an activating group) is 1. The number of hydrogen-bond donors (Lipinski definition) is 1. The smallest absolute Gasteiger partial charge is 0.261 e. The molecule has 0 saturated heterocycles. The summed E-state index contributed by atoms with van der Waals surface area (Å²) >= 11 is 3.43. The lowest BCUT2D eigenvalue weighted by Crippen LogP contribution is -2.19. The summed E-state index contributed by atoms with van der Waals surface area (Å²) in [7, 11) is 1.51. The molecule has 5 nitrogen and oxygen atoms in total. The van der Waals surface area contributed by atoms with Crippen molar-refractivity contribution in [1.29, 1.82) is 5.26 Å². The number of rotatable bonds is 6. The van der Waals surface area contributed by atoms with Crippen molar-refractivity contribution in [2.45, 2.75) is 20.5 Å². The van der Waals surface area contributed by atoms with Crippen LogP contribution in [0.25, 0.3) is 11.8 Å². The van der Waals surface area contributed by atoms with Gasteiger partial charge in [-0.05, 0) is 73.5 Å². The number of hydrogen-bond acceptors (Lipinski definition) is 3. The molecule has 0 aliphatic rings. The number of carbonyl (C=O) groups is 1. The number of carbonyl (C=O) groups excluding carboxylic acids is 1. The molecule has 0 saturated carbocycles. The molecule has 3 aromatic rings. The van der Waals surface area contributed by atoms with E-state index in [1.807, 2.05) is 74.5 Å². The number of nitriles is 1. The standard InChI is InChI=1S/C24H22BrN3O2/c1-16-12-19(13-20(14-26)24(29)27-3)17(2)28(16)22-8-10-23(11-9-22)30-15-18-4-6-21(25)7-5-18/h4-13H,15H2,1-3H3,(H,27,29)/b20-13+. The van der Waals surface area contributed by atoms with Gasteiger partial charge in [0.25, 0.3) is 5.91 Å². The zero-order valence-corrected chi connectivity index (χ0v) is 18.7. The maximum atomic E-state index is 11.8. The molecule has 152 valence electrons. The number of ether oxygens (including phenoxy) is 1. The minimum atomic E-state index is -0.394. The number of aryl methyl sites for hydroxylation is 1. The van der Waals surface area contributed by atoms with Crippen LogP contribution in [0, 0.1) is 25.2 Å². The lowest BCUT2D eigenvalue weighted by atomic mass is 10.1. The Hall–Kier alpha value is -3.30.